The van der Waals surface area contributed by atoms with Gasteiger partial charge in [-0.1, -0.05) is 32.8 Å². The molecule has 1 aliphatic rings. The van der Waals surface area contributed by atoms with Gasteiger partial charge in [-0.15, -0.1) is 0 Å². The number of amides is 1. The zero-order valence-electron chi connectivity index (χ0n) is 16.6. The van der Waals surface area contributed by atoms with E-state index in [0.717, 1.165) is 25.7 Å². The minimum absolute atomic E-state index is 0.0193. The van der Waals surface area contributed by atoms with E-state index in [9.17, 15) is 19.1 Å². The van der Waals surface area contributed by atoms with Crippen molar-refractivity contribution >= 4 is 17.6 Å². The van der Waals surface area contributed by atoms with Crippen molar-refractivity contribution < 1.29 is 19.1 Å². The number of carboxylic acids is 1. The third-order valence-corrected chi connectivity index (χ3v) is 5.36. The predicted octanol–water partition coefficient (Wildman–Crippen LogP) is 3.84. The van der Waals surface area contributed by atoms with Crippen molar-refractivity contribution in [3.8, 4) is 0 Å². The Bertz CT molecular complexity index is 659. The molecule has 0 aliphatic carbocycles. The van der Waals surface area contributed by atoms with Crippen molar-refractivity contribution in [3.63, 3.8) is 0 Å². The summed E-state index contributed by atoms with van der Waals surface area (Å²) in [5.41, 5.74) is 1.11. The molecule has 1 unspecified atom stereocenters. The summed E-state index contributed by atoms with van der Waals surface area (Å²) in [4.78, 5) is 28.1. The first-order chi connectivity index (χ1) is 12.9. The van der Waals surface area contributed by atoms with Crippen LogP contribution in [0.3, 0.4) is 0 Å². The summed E-state index contributed by atoms with van der Waals surface area (Å²) < 4.78 is 14.2. The van der Waals surface area contributed by atoms with Gasteiger partial charge in [-0.25, -0.2) is 4.39 Å². The lowest BCUT2D eigenvalue weighted by Gasteiger charge is -2.34. The average Bonchev–Trinajstić information content (AvgIpc) is 3.08. The minimum atomic E-state index is -0.808. The second-order valence-electron chi connectivity index (χ2n) is 7.44. The summed E-state index contributed by atoms with van der Waals surface area (Å²) in [6, 6.07) is 4.88. The van der Waals surface area contributed by atoms with Gasteiger partial charge in [-0.3, -0.25) is 14.5 Å². The van der Waals surface area contributed by atoms with Crippen molar-refractivity contribution in [2.24, 2.45) is 5.92 Å². The van der Waals surface area contributed by atoms with Gasteiger partial charge in [0.15, 0.2) is 0 Å². The van der Waals surface area contributed by atoms with E-state index in [1.54, 1.807) is 24.0 Å². The van der Waals surface area contributed by atoms with Gasteiger partial charge in [0.25, 0.3) is 0 Å². The molecule has 0 saturated carbocycles. The molecule has 0 spiro atoms. The van der Waals surface area contributed by atoms with Crippen molar-refractivity contribution in [2.75, 3.05) is 24.5 Å². The summed E-state index contributed by atoms with van der Waals surface area (Å²) in [5, 5.41) is 9.18. The zero-order chi connectivity index (χ0) is 20.0. The van der Waals surface area contributed by atoms with Gasteiger partial charge < -0.3 is 10.0 Å². The first-order valence-corrected chi connectivity index (χ1v) is 9.91. The van der Waals surface area contributed by atoms with Gasteiger partial charge in [-0.2, -0.15) is 0 Å². The lowest BCUT2D eigenvalue weighted by atomic mass is 10.0. The number of benzene rings is 1. The lowest BCUT2D eigenvalue weighted by Crippen LogP contribution is -2.46. The van der Waals surface area contributed by atoms with Gasteiger partial charge in [0.2, 0.25) is 5.91 Å². The molecule has 27 heavy (non-hydrogen) atoms. The van der Waals surface area contributed by atoms with E-state index in [1.807, 2.05) is 4.90 Å². The van der Waals surface area contributed by atoms with Crippen LogP contribution in [-0.2, 0) is 9.59 Å². The molecule has 5 nitrogen and oxygen atoms in total. The fourth-order valence-corrected chi connectivity index (χ4v) is 3.91. The Morgan fingerprint density at radius 2 is 1.96 bits per heavy atom. The molecule has 1 N–H and O–H groups in total. The standard InChI is InChI=1S/C21H31FN2O3/c1-4-7-17(8-5-2)24(19-10-6-9-18(22)15(19)3)20(25)14-23-12-11-16(13-23)21(26)27/h6,9-10,16-17H,4-5,7-8,11-14H2,1-3H3,(H,26,27). The molecule has 0 aromatic heterocycles. The normalized spacial score (nSPS) is 17.4. The van der Waals surface area contributed by atoms with Crippen LogP contribution in [0.1, 0.15) is 51.5 Å². The van der Waals surface area contributed by atoms with Crippen molar-refractivity contribution in [2.45, 2.75) is 58.9 Å². The Morgan fingerprint density at radius 1 is 1.30 bits per heavy atom. The number of anilines is 1. The highest BCUT2D eigenvalue weighted by Gasteiger charge is 2.32. The van der Waals surface area contributed by atoms with Crippen LogP contribution < -0.4 is 4.90 Å². The zero-order valence-corrected chi connectivity index (χ0v) is 16.6. The van der Waals surface area contributed by atoms with E-state index >= 15 is 0 Å². The molecule has 150 valence electrons. The fourth-order valence-electron chi connectivity index (χ4n) is 3.91. The van der Waals surface area contributed by atoms with Crippen LogP contribution in [0, 0.1) is 18.7 Å². The van der Waals surface area contributed by atoms with Crippen LogP contribution >= 0.6 is 0 Å². The smallest absolute Gasteiger partial charge is 0.307 e. The highest BCUT2D eigenvalue weighted by Crippen LogP contribution is 2.28. The summed E-state index contributed by atoms with van der Waals surface area (Å²) in [7, 11) is 0. The molecule has 1 aromatic rings. The van der Waals surface area contributed by atoms with E-state index in [1.165, 1.54) is 6.07 Å². The Labute approximate surface area is 161 Å². The highest BCUT2D eigenvalue weighted by molar-refractivity contribution is 5.96. The average molecular weight is 378 g/mol. The number of halogens is 1. The third-order valence-electron chi connectivity index (χ3n) is 5.36. The largest absolute Gasteiger partial charge is 0.481 e. The monoisotopic (exact) mass is 378 g/mol. The molecule has 0 radical (unpaired) electrons. The number of nitrogens with zero attached hydrogens (tertiary/aromatic N) is 2. The van der Waals surface area contributed by atoms with Gasteiger partial charge in [0.1, 0.15) is 5.82 Å². The SMILES string of the molecule is CCCC(CCC)N(C(=O)CN1CCC(C(=O)O)C1)c1cccc(F)c1C. The first kappa shape index (κ1) is 21.4. The molecule has 1 fully saturated rings. The number of carbonyl (C=O) groups is 2. The number of carboxylic acid groups (broad SMARTS) is 1. The van der Waals surface area contributed by atoms with Crippen LogP contribution in [0.2, 0.25) is 0 Å². The second-order valence-corrected chi connectivity index (χ2v) is 7.44. The number of hydrogen-bond acceptors (Lipinski definition) is 3. The molecule has 2 rings (SSSR count). The third kappa shape index (κ3) is 5.28. The van der Waals surface area contributed by atoms with Crippen molar-refractivity contribution in [1.82, 2.24) is 4.90 Å². The van der Waals surface area contributed by atoms with Crippen LogP contribution in [0.25, 0.3) is 0 Å². The predicted molar refractivity (Wildman–Crippen MR) is 104 cm³/mol. The summed E-state index contributed by atoms with van der Waals surface area (Å²) in [6.45, 7) is 7.04. The number of rotatable bonds is 9. The van der Waals surface area contributed by atoms with Crippen LogP contribution in [0.15, 0.2) is 18.2 Å². The summed E-state index contributed by atoms with van der Waals surface area (Å²) >= 11 is 0. The molecule has 1 aromatic carbocycles. The van der Waals surface area contributed by atoms with E-state index in [0.29, 0.717) is 30.8 Å². The Kier molecular flexibility index (Phi) is 7.78. The Morgan fingerprint density at radius 3 is 2.52 bits per heavy atom. The second kappa shape index (κ2) is 9.83. The summed E-state index contributed by atoms with van der Waals surface area (Å²) in [5.74, 6) is -1.62. The quantitative estimate of drug-likeness (QED) is 0.709. The van der Waals surface area contributed by atoms with Gasteiger partial charge in [0, 0.05) is 23.8 Å². The van der Waals surface area contributed by atoms with E-state index in [2.05, 4.69) is 13.8 Å². The molecule has 1 heterocycles. The molecular formula is C21H31FN2O3. The maximum atomic E-state index is 14.2. The summed E-state index contributed by atoms with van der Waals surface area (Å²) in [6.07, 6.45) is 4.15. The Balaban J connectivity index is 2.27. The number of likely N-dealkylation sites (tertiary alicyclic amines) is 1. The molecule has 1 amide bonds. The fraction of sp³-hybridized carbons (Fsp3) is 0.619. The lowest BCUT2D eigenvalue weighted by molar-refractivity contribution is -0.141. The highest BCUT2D eigenvalue weighted by atomic mass is 19.1. The molecule has 1 saturated heterocycles. The van der Waals surface area contributed by atoms with E-state index in [-0.39, 0.29) is 24.3 Å². The number of aliphatic carboxylic acids is 1. The van der Waals surface area contributed by atoms with E-state index < -0.39 is 11.9 Å². The molecule has 1 aliphatic heterocycles. The molecule has 6 heteroatoms. The van der Waals surface area contributed by atoms with Crippen molar-refractivity contribution in [1.29, 1.82) is 0 Å². The maximum absolute atomic E-state index is 14.2. The van der Waals surface area contributed by atoms with Crippen LogP contribution in [0.4, 0.5) is 10.1 Å². The maximum Gasteiger partial charge on any atom is 0.307 e. The molecular weight excluding hydrogens is 347 g/mol. The minimum Gasteiger partial charge on any atom is -0.481 e. The van der Waals surface area contributed by atoms with Gasteiger partial charge in [-0.05, 0) is 44.9 Å². The Hall–Kier alpha value is -1.95. The van der Waals surface area contributed by atoms with Gasteiger partial charge >= 0.3 is 5.97 Å². The van der Waals surface area contributed by atoms with E-state index in [4.69, 9.17) is 0 Å². The molecule has 1 atom stereocenters. The number of carbonyl (C=O) groups excluding carboxylic acids is 1. The van der Waals surface area contributed by atoms with Crippen LogP contribution in [-0.4, -0.2) is 47.6 Å². The topological polar surface area (TPSA) is 60.9 Å². The van der Waals surface area contributed by atoms with Crippen molar-refractivity contribution in [3.05, 3.63) is 29.6 Å². The molecule has 0 bridgehead atoms. The first-order valence-electron chi connectivity index (χ1n) is 9.91. The van der Waals surface area contributed by atoms with Gasteiger partial charge in [0.05, 0.1) is 12.5 Å². The van der Waals surface area contributed by atoms with Crippen LogP contribution in [0.5, 0.6) is 0 Å². The number of hydrogen-bond donors (Lipinski definition) is 1.